The van der Waals surface area contributed by atoms with E-state index in [4.69, 9.17) is 16.0 Å². The Morgan fingerprint density at radius 3 is 2.78 bits per heavy atom. The lowest BCUT2D eigenvalue weighted by Gasteiger charge is -2.10. The van der Waals surface area contributed by atoms with E-state index in [2.05, 4.69) is 5.32 Å². The van der Waals surface area contributed by atoms with Gasteiger partial charge >= 0.3 is 5.63 Å². The summed E-state index contributed by atoms with van der Waals surface area (Å²) in [6.07, 6.45) is 0.225. The van der Waals surface area contributed by atoms with E-state index in [9.17, 15) is 19.1 Å². The largest absolute Gasteiger partial charge is 0.508 e. The smallest absolute Gasteiger partial charge is 0.339 e. The molecule has 27 heavy (non-hydrogen) atoms. The van der Waals surface area contributed by atoms with Crippen LogP contribution in [0, 0.1) is 12.7 Å². The van der Waals surface area contributed by atoms with Crippen LogP contribution in [0.25, 0.3) is 11.0 Å². The summed E-state index contributed by atoms with van der Waals surface area (Å²) in [5.74, 6) is -0.819. The molecule has 7 heteroatoms. The van der Waals surface area contributed by atoms with Crippen molar-refractivity contribution in [3.8, 4) is 5.75 Å². The van der Waals surface area contributed by atoms with Crippen molar-refractivity contribution in [2.45, 2.75) is 26.3 Å². The molecule has 0 bridgehead atoms. The van der Waals surface area contributed by atoms with Gasteiger partial charge < -0.3 is 14.8 Å². The van der Waals surface area contributed by atoms with Crippen molar-refractivity contribution in [2.24, 2.45) is 0 Å². The fourth-order valence-electron chi connectivity index (χ4n) is 2.89. The van der Waals surface area contributed by atoms with Crippen LogP contribution in [-0.4, -0.2) is 11.0 Å². The van der Waals surface area contributed by atoms with Gasteiger partial charge in [0.25, 0.3) is 0 Å². The molecule has 0 atom stereocenters. The van der Waals surface area contributed by atoms with Gasteiger partial charge in [-0.3, -0.25) is 4.79 Å². The van der Waals surface area contributed by atoms with Crippen molar-refractivity contribution >= 4 is 28.5 Å². The zero-order valence-corrected chi connectivity index (χ0v) is 15.3. The standard InChI is InChI=1S/C20H17ClFNO4/c1-11-13-6-5-12(24)9-18(13)27-20(26)14(11)7-8-19(25)23-10-15-16(21)3-2-4-17(15)22/h2-6,9,24H,7-8,10H2,1H3,(H,23,25). The van der Waals surface area contributed by atoms with Crippen LogP contribution in [0.15, 0.2) is 45.6 Å². The Morgan fingerprint density at radius 1 is 1.26 bits per heavy atom. The maximum absolute atomic E-state index is 13.7. The van der Waals surface area contributed by atoms with Crippen LogP contribution in [0.1, 0.15) is 23.1 Å². The third-order valence-corrected chi connectivity index (χ3v) is 4.75. The predicted octanol–water partition coefficient (Wildman–Crippen LogP) is 3.85. The summed E-state index contributed by atoms with van der Waals surface area (Å²) in [5.41, 5.74) is 1.06. The molecule has 140 valence electrons. The van der Waals surface area contributed by atoms with Gasteiger partial charge in [-0.25, -0.2) is 9.18 Å². The van der Waals surface area contributed by atoms with Crippen LogP contribution in [0.5, 0.6) is 5.75 Å². The van der Waals surface area contributed by atoms with Crippen LogP contribution in [0.2, 0.25) is 5.02 Å². The Labute approximate surface area is 159 Å². The zero-order chi connectivity index (χ0) is 19.6. The topological polar surface area (TPSA) is 79.5 Å². The summed E-state index contributed by atoms with van der Waals surface area (Å²) in [4.78, 5) is 24.3. The average Bonchev–Trinajstić information content (AvgIpc) is 2.60. The molecule has 0 saturated heterocycles. The Bertz CT molecular complexity index is 1060. The third kappa shape index (κ3) is 4.11. The van der Waals surface area contributed by atoms with E-state index < -0.39 is 11.4 Å². The number of hydrogen-bond donors (Lipinski definition) is 2. The van der Waals surface area contributed by atoms with Gasteiger partial charge in [0.2, 0.25) is 5.91 Å². The fraction of sp³-hybridized carbons (Fsp3) is 0.200. The number of phenolic OH excluding ortho intramolecular Hbond substituents is 1. The predicted molar refractivity (Wildman–Crippen MR) is 100 cm³/mol. The average molecular weight is 390 g/mol. The maximum Gasteiger partial charge on any atom is 0.339 e. The number of phenols is 1. The number of benzene rings is 2. The Balaban J connectivity index is 1.70. The lowest BCUT2D eigenvalue weighted by atomic mass is 10.0. The number of aryl methyl sites for hydroxylation is 1. The molecule has 0 radical (unpaired) electrons. The molecule has 0 aliphatic carbocycles. The lowest BCUT2D eigenvalue weighted by Crippen LogP contribution is -2.24. The van der Waals surface area contributed by atoms with Crippen LogP contribution in [0.3, 0.4) is 0 Å². The van der Waals surface area contributed by atoms with Crippen LogP contribution in [-0.2, 0) is 17.8 Å². The van der Waals surface area contributed by atoms with Crippen molar-refractivity contribution in [3.05, 3.63) is 74.3 Å². The molecule has 0 aliphatic rings. The fourth-order valence-corrected chi connectivity index (χ4v) is 3.12. The molecule has 3 aromatic rings. The first-order valence-electron chi connectivity index (χ1n) is 8.31. The highest BCUT2D eigenvalue weighted by Crippen LogP contribution is 2.24. The van der Waals surface area contributed by atoms with Gasteiger partial charge in [-0.05, 0) is 43.2 Å². The van der Waals surface area contributed by atoms with Crippen molar-refractivity contribution in [2.75, 3.05) is 0 Å². The highest BCUT2D eigenvalue weighted by Gasteiger charge is 2.14. The number of carbonyl (C=O) groups excluding carboxylic acids is 1. The summed E-state index contributed by atoms with van der Waals surface area (Å²) in [7, 11) is 0. The minimum absolute atomic E-state index is 0.00369. The number of rotatable bonds is 5. The molecular formula is C20H17ClFNO4. The molecule has 2 N–H and O–H groups in total. The van der Waals surface area contributed by atoms with E-state index in [1.165, 1.54) is 24.3 Å². The summed E-state index contributed by atoms with van der Waals surface area (Å²) >= 11 is 5.93. The Morgan fingerprint density at radius 2 is 2.04 bits per heavy atom. The molecule has 5 nitrogen and oxygen atoms in total. The molecule has 2 aromatic carbocycles. The highest BCUT2D eigenvalue weighted by molar-refractivity contribution is 6.31. The molecular weight excluding hydrogens is 373 g/mol. The molecule has 1 aromatic heterocycles. The minimum Gasteiger partial charge on any atom is -0.508 e. The number of hydrogen-bond acceptors (Lipinski definition) is 4. The van der Waals surface area contributed by atoms with Crippen molar-refractivity contribution in [3.63, 3.8) is 0 Å². The van der Waals surface area contributed by atoms with Crippen molar-refractivity contribution in [1.82, 2.24) is 5.32 Å². The number of halogens is 2. The van der Waals surface area contributed by atoms with E-state index >= 15 is 0 Å². The first-order valence-corrected chi connectivity index (χ1v) is 8.69. The molecule has 0 aliphatic heterocycles. The zero-order valence-electron chi connectivity index (χ0n) is 14.5. The quantitative estimate of drug-likeness (QED) is 0.649. The number of carbonyl (C=O) groups is 1. The number of amides is 1. The second-order valence-corrected chi connectivity index (χ2v) is 6.56. The van der Waals surface area contributed by atoms with Crippen molar-refractivity contribution in [1.29, 1.82) is 0 Å². The molecule has 0 unspecified atom stereocenters. The first-order chi connectivity index (χ1) is 12.9. The second kappa shape index (κ2) is 7.80. The summed E-state index contributed by atoms with van der Waals surface area (Å²) < 4.78 is 19.0. The monoisotopic (exact) mass is 389 g/mol. The van der Waals surface area contributed by atoms with Crippen LogP contribution >= 0.6 is 11.6 Å². The van der Waals surface area contributed by atoms with Gasteiger partial charge in [-0.1, -0.05) is 17.7 Å². The van der Waals surface area contributed by atoms with Gasteiger partial charge in [0.15, 0.2) is 0 Å². The van der Waals surface area contributed by atoms with Gasteiger partial charge in [0, 0.05) is 40.6 Å². The van der Waals surface area contributed by atoms with E-state index in [0.717, 1.165) is 0 Å². The van der Waals surface area contributed by atoms with Gasteiger partial charge in [-0.15, -0.1) is 0 Å². The highest BCUT2D eigenvalue weighted by atomic mass is 35.5. The molecule has 0 fully saturated rings. The number of aromatic hydroxyl groups is 1. The summed E-state index contributed by atoms with van der Waals surface area (Å²) in [6, 6.07) is 8.85. The van der Waals surface area contributed by atoms with Gasteiger partial charge in [-0.2, -0.15) is 0 Å². The van der Waals surface area contributed by atoms with E-state index in [1.54, 1.807) is 19.1 Å². The van der Waals surface area contributed by atoms with E-state index in [-0.39, 0.29) is 41.6 Å². The molecule has 1 amide bonds. The third-order valence-electron chi connectivity index (χ3n) is 4.40. The van der Waals surface area contributed by atoms with E-state index in [1.807, 2.05) is 0 Å². The lowest BCUT2D eigenvalue weighted by molar-refractivity contribution is -0.121. The van der Waals surface area contributed by atoms with E-state index in [0.29, 0.717) is 22.1 Å². The second-order valence-electron chi connectivity index (χ2n) is 6.15. The maximum atomic E-state index is 13.7. The molecule has 0 spiro atoms. The SMILES string of the molecule is Cc1c(CCC(=O)NCc2c(F)cccc2Cl)c(=O)oc2cc(O)ccc12. The van der Waals surface area contributed by atoms with Gasteiger partial charge in [0.05, 0.1) is 0 Å². The summed E-state index contributed by atoms with van der Waals surface area (Å²) in [5, 5.41) is 13.0. The molecule has 1 heterocycles. The normalized spacial score (nSPS) is 10.9. The van der Waals surface area contributed by atoms with Crippen LogP contribution in [0.4, 0.5) is 4.39 Å². The van der Waals surface area contributed by atoms with Crippen LogP contribution < -0.4 is 10.9 Å². The molecule has 0 saturated carbocycles. The minimum atomic E-state index is -0.546. The number of nitrogens with one attached hydrogen (secondary N) is 1. The Hall–Kier alpha value is -2.86. The summed E-state index contributed by atoms with van der Waals surface area (Å²) in [6.45, 7) is 1.73. The van der Waals surface area contributed by atoms with Gasteiger partial charge in [0.1, 0.15) is 17.1 Å². The van der Waals surface area contributed by atoms with Crippen molar-refractivity contribution < 1.29 is 18.7 Å². The first kappa shape index (κ1) is 18.9. The molecule has 3 rings (SSSR count). The Kier molecular flexibility index (Phi) is 5.46. The number of fused-ring (bicyclic) bond motifs is 1.